The summed E-state index contributed by atoms with van der Waals surface area (Å²) in [5.74, 6) is 0. The van der Waals surface area contributed by atoms with Crippen molar-refractivity contribution in [1.29, 1.82) is 0 Å². The number of benzene rings is 2. The van der Waals surface area contributed by atoms with Crippen molar-refractivity contribution in [2.45, 2.75) is 19.6 Å². The summed E-state index contributed by atoms with van der Waals surface area (Å²) in [6.45, 7) is 2.07. The lowest BCUT2D eigenvalue weighted by molar-refractivity contribution is 0.282. The average Bonchev–Trinajstić information content (AvgIpc) is 2.46. The Morgan fingerprint density at radius 3 is 2.50 bits per heavy atom. The lowest BCUT2D eigenvalue weighted by atomic mass is 9.99. The minimum absolute atomic E-state index is 0.105. The van der Waals surface area contributed by atoms with Crippen molar-refractivity contribution in [3.63, 3.8) is 0 Å². The maximum atomic E-state index is 9.42. The van der Waals surface area contributed by atoms with Gasteiger partial charge in [-0.1, -0.05) is 42.5 Å². The Morgan fingerprint density at radius 1 is 0.944 bits per heavy atom. The van der Waals surface area contributed by atoms with E-state index in [4.69, 9.17) is 0 Å². The van der Waals surface area contributed by atoms with Gasteiger partial charge in [-0.3, -0.25) is 0 Å². The summed E-state index contributed by atoms with van der Waals surface area (Å²) in [5, 5.41) is 9.42. The first kappa shape index (κ1) is 11.3. The van der Waals surface area contributed by atoms with Gasteiger partial charge >= 0.3 is 0 Å². The molecule has 0 amide bonds. The third-order valence-electron chi connectivity index (χ3n) is 3.63. The van der Waals surface area contributed by atoms with Crippen LogP contribution in [0.3, 0.4) is 0 Å². The van der Waals surface area contributed by atoms with Crippen molar-refractivity contribution in [3.05, 3.63) is 65.2 Å². The predicted octanol–water partition coefficient (Wildman–Crippen LogP) is 2.74. The molecule has 1 N–H and O–H groups in total. The molecule has 1 aliphatic rings. The van der Waals surface area contributed by atoms with Crippen molar-refractivity contribution in [2.24, 2.45) is 0 Å². The summed E-state index contributed by atoms with van der Waals surface area (Å²) >= 11 is 0. The Labute approximate surface area is 107 Å². The number of aliphatic hydroxyl groups excluding tert-OH is 1. The van der Waals surface area contributed by atoms with Crippen LogP contribution in [0.4, 0.5) is 5.69 Å². The van der Waals surface area contributed by atoms with Gasteiger partial charge in [0.15, 0.2) is 0 Å². The predicted molar refractivity (Wildman–Crippen MR) is 73.6 cm³/mol. The highest BCUT2D eigenvalue weighted by Gasteiger charge is 2.17. The Balaban J connectivity index is 1.92. The Kier molecular flexibility index (Phi) is 3.03. The van der Waals surface area contributed by atoms with E-state index in [1.807, 2.05) is 18.2 Å². The maximum absolute atomic E-state index is 9.42. The van der Waals surface area contributed by atoms with E-state index in [9.17, 15) is 5.11 Å². The van der Waals surface area contributed by atoms with Gasteiger partial charge in [-0.05, 0) is 23.6 Å². The molecule has 2 aromatic rings. The van der Waals surface area contributed by atoms with Crippen LogP contribution in [-0.2, 0) is 19.6 Å². The van der Waals surface area contributed by atoms with Crippen molar-refractivity contribution in [3.8, 4) is 0 Å². The van der Waals surface area contributed by atoms with E-state index < -0.39 is 0 Å². The number of para-hydroxylation sites is 1. The first-order valence-corrected chi connectivity index (χ1v) is 6.39. The molecular formula is C16H17NO. The van der Waals surface area contributed by atoms with Crippen LogP contribution in [0.5, 0.6) is 0 Å². The second-order valence-corrected chi connectivity index (χ2v) is 4.73. The maximum Gasteiger partial charge on any atom is 0.0702 e. The van der Waals surface area contributed by atoms with Crippen LogP contribution in [0.1, 0.15) is 16.7 Å². The normalized spacial score (nSPS) is 14.4. The van der Waals surface area contributed by atoms with Crippen molar-refractivity contribution in [2.75, 3.05) is 11.4 Å². The smallest absolute Gasteiger partial charge is 0.0702 e. The van der Waals surface area contributed by atoms with Crippen LogP contribution in [0, 0.1) is 0 Å². The SMILES string of the molecule is OCc1ccccc1N1CCc2ccccc2C1. The summed E-state index contributed by atoms with van der Waals surface area (Å²) in [7, 11) is 0. The van der Waals surface area contributed by atoms with Crippen molar-refractivity contribution >= 4 is 5.69 Å². The molecule has 0 saturated heterocycles. The topological polar surface area (TPSA) is 23.5 Å². The van der Waals surface area contributed by atoms with E-state index in [0.717, 1.165) is 30.8 Å². The molecule has 2 aromatic carbocycles. The third kappa shape index (κ3) is 2.00. The molecule has 0 bridgehead atoms. The van der Waals surface area contributed by atoms with Gasteiger partial charge in [-0.25, -0.2) is 0 Å². The van der Waals surface area contributed by atoms with E-state index in [1.54, 1.807) is 0 Å². The number of hydrogen-bond acceptors (Lipinski definition) is 2. The molecule has 0 aromatic heterocycles. The molecule has 2 heteroatoms. The van der Waals surface area contributed by atoms with Gasteiger partial charge in [0.1, 0.15) is 0 Å². The van der Waals surface area contributed by atoms with E-state index in [1.165, 1.54) is 11.1 Å². The number of anilines is 1. The van der Waals surface area contributed by atoms with Crippen LogP contribution in [0.25, 0.3) is 0 Å². The number of aliphatic hydroxyl groups is 1. The Bertz CT molecular complexity index is 550. The van der Waals surface area contributed by atoms with Crippen LogP contribution in [0.15, 0.2) is 48.5 Å². The van der Waals surface area contributed by atoms with Crippen molar-refractivity contribution < 1.29 is 5.11 Å². The molecule has 0 saturated carbocycles. The molecule has 3 rings (SSSR count). The molecule has 0 unspecified atom stereocenters. The largest absolute Gasteiger partial charge is 0.392 e. The molecule has 0 aliphatic carbocycles. The molecule has 0 fully saturated rings. The fraction of sp³-hybridized carbons (Fsp3) is 0.250. The Hall–Kier alpha value is -1.80. The third-order valence-corrected chi connectivity index (χ3v) is 3.63. The second kappa shape index (κ2) is 4.83. The van der Waals surface area contributed by atoms with E-state index in [-0.39, 0.29) is 6.61 Å². The molecule has 2 nitrogen and oxygen atoms in total. The van der Waals surface area contributed by atoms with Gasteiger partial charge in [0, 0.05) is 24.3 Å². The van der Waals surface area contributed by atoms with Crippen LogP contribution in [-0.4, -0.2) is 11.7 Å². The highest BCUT2D eigenvalue weighted by Crippen LogP contribution is 2.27. The first-order valence-electron chi connectivity index (χ1n) is 6.39. The van der Waals surface area contributed by atoms with E-state index in [0.29, 0.717) is 0 Å². The number of fused-ring (bicyclic) bond motifs is 1. The summed E-state index contributed by atoms with van der Waals surface area (Å²) in [5.41, 5.74) is 5.03. The molecular weight excluding hydrogens is 222 g/mol. The standard InChI is InChI=1S/C16H17NO/c18-12-15-7-3-4-8-16(15)17-10-9-13-5-1-2-6-14(13)11-17/h1-8,18H,9-12H2. The zero-order valence-corrected chi connectivity index (χ0v) is 10.3. The molecule has 0 spiro atoms. The van der Waals surface area contributed by atoms with Crippen LogP contribution < -0.4 is 4.90 Å². The molecule has 1 heterocycles. The minimum Gasteiger partial charge on any atom is -0.392 e. The van der Waals surface area contributed by atoms with Gasteiger partial charge in [0.2, 0.25) is 0 Å². The molecule has 92 valence electrons. The van der Waals surface area contributed by atoms with Gasteiger partial charge in [0.25, 0.3) is 0 Å². The number of nitrogens with zero attached hydrogens (tertiary/aromatic N) is 1. The zero-order chi connectivity index (χ0) is 12.4. The van der Waals surface area contributed by atoms with E-state index in [2.05, 4.69) is 35.2 Å². The molecule has 1 aliphatic heterocycles. The highest BCUT2D eigenvalue weighted by atomic mass is 16.3. The second-order valence-electron chi connectivity index (χ2n) is 4.73. The van der Waals surface area contributed by atoms with Crippen LogP contribution in [0.2, 0.25) is 0 Å². The summed E-state index contributed by atoms with van der Waals surface area (Å²) in [6.07, 6.45) is 1.08. The first-order chi connectivity index (χ1) is 8.88. The molecule has 0 atom stereocenters. The van der Waals surface area contributed by atoms with Crippen LogP contribution >= 0.6 is 0 Å². The lowest BCUT2D eigenvalue weighted by Crippen LogP contribution is -2.31. The monoisotopic (exact) mass is 239 g/mol. The number of rotatable bonds is 2. The fourth-order valence-electron chi connectivity index (χ4n) is 2.65. The molecule has 0 radical (unpaired) electrons. The highest BCUT2D eigenvalue weighted by molar-refractivity contribution is 5.55. The summed E-state index contributed by atoms with van der Waals surface area (Å²) in [6, 6.07) is 16.7. The fourth-order valence-corrected chi connectivity index (χ4v) is 2.65. The minimum atomic E-state index is 0.105. The van der Waals surface area contributed by atoms with Gasteiger partial charge < -0.3 is 10.0 Å². The zero-order valence-electron chi connectivity index (χ0n) is 10.3. The average molecular weight is 239 g/mol. The number of hydrogen-bond donors (Lipinski definition) is 1. The van der Waals surface area contributed by atoms with Gasteiger partial charge in [-0.15, -0.1) is 0 Å². The lowest BCUT2D eigenvalue weighted by Gasteiger charge is -2.32. The van der Waals surface area contributed by atoms with Gasteiger partial charge in [0.05, 0.1) is 6.61 Å². The quantitative estimate of drug-likeness (QED) is 0.871. The summed E-state index contributed by atoms with van der Waals surface area (Å²) < 4.78 is 0. The molecule has 18 heavy (non-hydrogen) atoms. The van der Waals surface area contributed by atoms with Crippen molar-refractivity contribution in [1.82, 2.24) is 0 Å². The Morgan fingerprint density at radius 2 is 1.67 bits per heavy atom. The van der Waals surface area contributed by atoms with Gasteiger partial charge in [-0.2, -0.15) is 0 Å². The van der Waals surface area contributed by atoms with E-state index >= 15 is 0 Å². The summed E-state index contributed by atoms with van der Waals surface area (Å²) in [4.78, 5) is 2.36.